The molecule has 5 aromatic rings. The molecule has 13 nitrogen and oxygen atoms in total. The maximum absolute atomic E-state index is 14.7. The molecule has 2 atom stereocenters. The van der Waals surface area contributed by atoms with Crippen molar-refractivity contribution in [2.24, 2.45) is 7.05 Å². The number of fused-ring (bicyclic) bond motifs is 2. The third-order valence-electron chi connectivity index (χ3n) is 11.5. The highest BCUT2D eigenvalue weighted by atomic mass is 16.5. The average Bonchev–Trinajstić information content (AvgIpc) is 3.60. The molecule has 3 fully saturated rings. The predicted octanol–water partition coefficient (Wildman–Crippen LogP) is 4.53. The molecule has 13 heteroatoms. The van der Waals surface area contributed by atoms with Crippen LogP contribution in [0.4, 0.5) is 5.82 Å². The van der Waals surface area contributed by atoms with Crippen LogP contribution < -0.4 is 4.90 Å². The summed E-state index contributed by atoms with van der Waals surface area (Å²) in [5.74, 6) is 0.269. The number of morpholine rings is 1. The molecule has 3 saturated heterocycles. The van der Waals surface area contributed by atoms with E-state index in [0.29, 0.717) is 25.2 Å². The third kappa shape index (κ3) is 8.34. The number of aromatic hydroxyl groups is 1. The Morgan fingerprint density at radius 1 is 0.932 bits per heavy atom. The molecular weight excluding hydrogens is 747 g/mol. The second-order valence-electron chi connectivity index (χ2n) is 15.4. The number of Topliss-reactive ketones (excluding diaryl/α,β-unsaturated/α-hetero) is 1. The number of aryl methyl sites for hydroxylation is 2. The number of hydrogen-bond acceptors (Lipinski definition) is 9. The van der Waals surface area contributed by atoms with Crippen molar-refractivity contribution in [2.75, 3.05) is 50.8 Å². The zero-order chi connectivity index (χ0) is 41.0. The van der Waals surface area contributed by atoms with Crippen LogP contribution >= 0.6 is 0 Å². The number of carbonyl (C=O) groups excluding carboxylic acids is 4. The van der Waals surface area contributed by atoms with Crippen LogP contribution in [0.1, 0.15) is 39.0 Å². The van der Waals surface area contributed by atoms with Gasteiger partial charge in [-0.2, -0.15) is 0 Å². The third-order valence-corrected chi connectivity index (χ3v) is 11.5. The largest absolute Gasteiger partial charge is 0.508 e. The van der Waals surface area contributed by atoms with Gasteiger partial charge < -0.3 is 29.1 Å². The number of hydrazine groups is 1. The van der Waals surface area contributed by atoms with Gasteiger partial charge in [-0.3, -0.25) is 19.2 Å². The molecule has 0 saturated carbocycles. The highest BCUT2D eigenvalue weighted by Crippen LogP contribution is 2.32. The monoisotopic (exact) mass is 795 g/mol. The normalized spacial score (nSPS) is 18.7. The Kier molecular flexibility index (Phi) is 11.6. The van der Waals surface area contributed by atoms with Crippen LogP contribution in [-0.2, 0) is 52.0 Å². The van der Waals surface area contributed by atoms with Crippen molar-refractivity contribution in [2.45, 2.75) is 44.4 Å². The van der Waals surface area contributed by atoms with Crippen molar-refractivity contribution < 1.29 is 29.0 Å². The lowest BCUT2D eigenvalue weighted by Gasteiger charge is -2.55. The summed E-state index contributed by atoms with van der Waals surface area (Å²) in [7, 11) is 1.90. The molecule has 1 N–H and O–H groups in total. The van der Waals surface area contributed by atoms with Gasteiger partial charge in [0.25, 0.3) is 0 Å². The Bertz CT molecular complexity index is 2340. The number of phenolic OH excluding ortho intramolecular Hbond substituents is 1. The van der Waals surface area contributed by atoms with Gasteiger partial charge in [-0.25, -0.2) is 15.0 Å². The van der Waals surface area contributed by atoms with E-state index in [4.69, 9.17) is 4.74 Å². The van der Waals surface area contributed by atoms with Gasteiger partial charge in [0.05, 0.1) is 31.8 Å². The van der Waals surface area contributed by atoms with Crippen LogP contribution in [0.25, 0.3) is 10.9 Å². The van der Waals surface area contributed by atoms with E-state index in [9.17, 15) is 24.3 Å². The zero-order valence-electron chi connectivity index (χ0n) is 33.3. The van der Waals surface area contributed by atoms with Crippen molar-refractivity contribution >= 4 is 40.2 Å². The van der Waals surface area contributed by atoms with Crippen molar-refractivity contribution in [1.82, 2.24) is 29.4 Å². The molecule has 2 aromatic heterocycles. The minimum atomic E-state index is -0.908. The number of pyridine rings is 1. The number of hydrogen-bond donors (Lipinski definition) is 1. The number of para-hydroxylation sites is 1. The summed E-state index contributed by atoms with van der Waals surface area (Å²) < 4.78 is 7.40. The predicted molar refractivity (Wildman–Crippen MR) is 223 cm³/mol. The number of phenols is 1. The van der Waals surface area contributed by atoms with Gasteiger partial charge in [0.2, 0.25) is 17.7 Å². The average molecular weight is 796 g/mol. The quantitative estimate of drug-likeness (QED) is 0.135. The Morgan fingerprint density at radius 2 is 1.69 bits per heavy atom. The SMILES string of the molecule is C=CCN1CC(=O)N2C(CN(Cc3cccc4c(C(=O)Cc5ccc(N6CCOCC6)nc5)cn(C)c34)C(=O)[C@@H]2Cc2ccc(O)cc2)N1C(=O)CCc1ccccc1. The van der Waals surface area contributed by atoms with Crippen LogP contribution in [0, 0.1) is 0 Å². The van der Waals surface area contributed by atoms with E-state index in [0.717, 1.165) is 52.1 Å². The Hall–Kier alpha value is -6.31. The number of anilines is 1. The fourth-order valence-corrected chi connectivity index (χ4v) is 8.66. The second kappa shape index (κ2) is 17.3. The van der Waals surface area contributed by atoms with Crippen LogP contribution in [0.5, 0.6) is 5.75 Å². The lowest BCUT2D eigenvalue weighted by atomic mass is 9.97. The number of carbonyl (C=O) groups is 4. The van der Waals surface area contributed by atoms with Crippen LogP contribution in [0.15, 0.2) is 110 Å². The van der Waals surface area contributed by atoms with E-state index in [2.05, 4.69) is 16.5 Å². The van der Waals surface area contributed by atoms with Gasteiger partial charge in [-0.15, -0.1) is 6.58 Å². The first-order valence-corrected chi connectivity index (χ1v) is 20.2. The number of amides is 3. The van der Waals surface area contributed by atoms with E-state index < -0.39 is 12.2 Å². The molecule has 0 bridgehead atoms. The molecule has 3 amide bonds. The van der Waals surface area contributed by atoms with E-state index in [-0.39, 0.29) is 74.7 Å². The minimum Gasteiger partial charge on any atom is -0.508 e. The van der Waals surface area contributed by atoms with E-state index in [1.165, 1.54) is 0 Å². The fourth-order valence-electron chi connectivity index (χ4n) is 8.66. The molecule has 3 aliphatic rings. The molecule has 8 rings (SSSR count). The van der Waals surface area contributed by atoms with Gasteiger partial charge in [0.1, 0.15) is 23.8 Å². The number of benzene rings is 3. The number of nitrogens with zero attached hydrogens (tertiary/aromatic N) is 7. The van der Waals surface area contributed by atoms with Gasteiger partial charge in [-0.05, 0) is 46.9 Å². The molecule has 1 unspecified atom stereocenters. The van der Waals surface area contributed by atoms with Crippen molar-refractivity contribution in [3.05, 3.63) is 138 Å². The van der Waals surface area contributed by atoms with Crippen molar-refractivity contribution in [3.8, 4) is 5.75 Å². The number of piperazine rings is 1. The van der Waals surface area contributed by atoms with Gasteiger partial charge >= 0.3 is 0 Å². The summed E-state index contributed by atoms with van der Waals surface area (Å²) in [6.07, 6.45) is 5.62. The maximum atomic E-state index is 14.7. The Balaban J connectivity index is 1.09. The van der Waals surface area contributed by atoms with E-state index >= 15 is 0 Å². The topological polar surface area (TPSA) is 132 Å². The molecule has 3 aliphatic heterocycles. The number of ether oxygens (including phenoxy) is 1. The molecule has 59 heavy (non-hydrogen) atoms. The number of ketones is 1. The molecule has 0 aliphatic carbocycles. The molecule has 304 valence electrons. The maximum Gasteiger partial charge on any atom is 0.246 e. The van der Waals surface area contributed by atoms with E-state index in [1.807, 2.05) is 78.5 Å². The molecular formula is C46H49N7O6. The first-order chi connectivity index (χ1) is 28.7. The van der Waals surface area contributed by atoms with Gasteiger partial charge in [0.15, 0.2) is 5.78 Å². The van der Waals surface area contributed by atoms with E-state index in [1.54, 1.807) is 56.4 Å². The van der Waals surface area contributed by atoms with Gasteiger partial charge in [0, 0.05) is 75.8 Å². The summed E-state index contributed by atoms with van der Waals surface area (Å²) in [6.45, 7) is 7.26. The first-order valence-electron chi connectivity index (χ1n) is 20.2. The van der Waals surface area contributed by atoms with Crippen LogP contribution in [0.3, 0.4) is 0 Å². The highest BCUT2D eigenvalue weighted by Gasteiger charge is 2.51. The summed E-state index contributed by atoms with van der Waals surface area (Å²) in [5, 5.41) is 14.2. The summed E-state index contributed by atoms with van der Waals surface area (Å²) in [6, 6.07) is 25.2. The lowest BCUT2D eigenvalue weighted by molar-refractivity contribution is -0.205. The lowest BCUT2D eigenvalue weighted by Crippen LogP contribution is -2.75. The standard InChI is InChI=1S/C46H49N7O6/c1-3-20-51-31-44(57)52-39(25-33-12-16-36(54)17-13-33)46(58)50(30-42(52)53(51)43(56)19-15-32-8-5-4-6-9-32)28-35-10-7-11-37-38(29-48(2)45(35)37)40(55)26-34-14-18-41(47-27-34)49-21-23-59-24-22-49/h3-14,16-18,27,29,39,42,54H,1,15,19-26,28,30-31H2,2H3/t39-,42?/m0/s1. The molecule has 5 heterocycles. The number of aromatic nitrogens is 2. The van der Waals surface area contributed by atoms with Crippen LogP contribution in [0.2, 0.25) is 0 Å². The fraction of sp³-hybridized carbons (Fsp3) is 0.326. The van der Waals surface area contributed by atoms with Crippen molar-refractivity contribution in [3.63, 3.8) is 0 Å². The number of rotatable bonds is 13. The first kappa shape index (κ1) is 39.5. The smallest absolute Gasteiger partial charge is 0.246 e. The van der Waals surface area contributed by atoms with Crippen LogP contribution in [-0.4, -0.2) is 116 Å². The van der Waals surface area contributed by atoms with Crippen molar-refractivity contribution in [1.29, 1.82) is 0 Å². The Morgan fingerprint density at radius 3 is 2.42 bits per heavy atom. The molecule has 3 aromatic carbocycles. The molecule has 0 radical (unpaired) electrons. The van der Waals surface area contributed by atoms with Gasteiger partial charge in [-0.1, -0.05) is 72.8 Å². The summed E-state index contributed by atoms with van der Waals surface area (Å²) >= 11 is 0. The zero-order valence-corrected chi connectivity index (χ0v) is 33.3. The summed E-state index contributed by atoms with van der Waals surface area (Å²) in [4.78, 5) is 67.2. The second-order valence-corrected chi connectivity index (χ2v) is 15.4. The highest BCUT2D eigenvalue weighted by molar-refractivity contribution is 6.09. The minimum absolute atomic E-state index is 0.0417. The summed E-state index contributed by atoms with van der Waals surface area (Å²) in [5.41, 5.74) is 4.85. The molecule has 0 spiro atoms. The Labute approximate surface area is 343 Å².